The van der Waals surface area contributed by atoms with Gasteiger partial charge in [0, 0.05) is 0 Å². The largest absolute Gasteiger partial charge is 0.489 e. The minimum absolute atomic E-state index is 0.456. The van der Waals surface area contributed by atoms with Crippen molar-refractivity contribution in [1.82, 2.24) is 0 Å². The molecule has 0 aliphatic rings. The number of benzene rings is 5. The lowest BCUT2D eigenvalue weighted by molar-refractivity contribution is 0.285. The smallest absolute Gasteiger partial charge is 0.119 e. The third-order valence-electron chi connectivity index (χ3n) is 6.18. The van der Waals surface area contributed by atoms with Crippen LogP contribution in [0.3, 0.4) is 0 Å². The van der Waals surface area contributed by atoms with E-state index < -0.39 is 0 Å². The van der Waals surface area contributed by atoms with E-state index in [-0.39, 0.29) is 0 Å². The zero-order valence-electron chi connectivity index (χ0n) is 20.1. The van der Waals surface area contributed by atoms with Gasteiger partial charge in [-0.25, -0.2) is 0 Å². The predicted octanol–water partition coefficient (Wildman–Crippen LogP) is 8.82. The molecule has 0 aliphatic carbocycles. The first-order valence-electron chi connectivity index (χ1n) is 12.1. The van der Waals surface area contributed by atoms with E-state index in [0.717, 1.165) is 28.2 Å². The highest BCUT2D eigenvalue weighted by atomic mass is 16.5. The molecule has 5 rings (SSSR count). The van der Waals surface area contributed by atoms with Crippen LogP contribution in [0.2, 0.25) is 0 Å². The minimum atomic E-state index is 0.456. The topological polar surface area (TPSA) is 18.5 Å². The Morgan fingerprint density at radius 1 is 0.472 bits per heavy atom. The summed E-state index contributed by atoms with van der Waals surface area (Å²) in [7, 11) is 0. The lowest BCUT2D eigenvalue weighted by Gasteiger charge is -2.14. The zero-order valence-corrected chi connectivity index (χ0v) is 20.1. The summed E-state index contributed by atoms with van der Waals surface area (Å²) in [6.45, 7) is 4.84. The predicted molar refractivity (Wildman–Crippen MR) is 149 cm³/mol. The Kier molecular flexibility index (Phi) is 7.24. The Labute approximate surface area is 213 Å². The summed E-state index contributed by atoms with van der Waals surface area (Å²) in [5, 5.41) is 0. The molecule has 0 bridgehead atoms. The van der Waals surface area contributed by atoms with Gasteiger partial charge in [-0.15, -0.1) is 0 Å². The minimum Gasteiger partial charge on any atom is -0.489 e. The summed E-state index contributed by atoms with van der Waals surface area (Å²) >= 11 is 0. The standard InChI is InChI=1S/C34H28O2/c1-2-26-13-14-31(24-35-33-19-15-29(16-20-33)27-9-5-3-6-10-27)32(23-26)25-36-34-21-17-30(18-22-34)28-11-7-4-8-12-28/h2-23H,1,24-25H2. The first kappa shape index (κ1) is 23.2. The van der Waals surface area contributed by atoms with Crippen LogP contribution in [0.15, 0.2) is 134 Å². The van der Waals surface area contributed by atoms with Crippen molar-refractivity contribution in [2.24, 2.45) is 0 Å². The second kappa shape index (κ2) is 11.2. The van der Waals surface area contributed by atoms with E-state index in [1.54, 1.807) is 0 Å². The molecule has 2 nitrogen and oxygen atoms in total. The molecule has 0 N–H and O–H groups in total. The quantitative estimate of drug-likeness (QED) is 0.215. The van der Waals surface area contributed by atoms with Crippen molar-refractivity contribution in [3.05, 3.63) is 151 Å². The third kappa shape index (κ3) is 5.73. The molecular formula is C34H28O2. The van der Waals surface area contributed by atoms with Crippen LogP contribution >= 0.6 is 0 Å². The molecule has 0 unspecified atom stereocenters. The van der Waals surface area contributed by atoms with Crippen LogP contribution in [-0.2, 0) is 13.2 Å². The summed E-state index contributed by atoms with van der Waals surface area (Å²) in [6.07, 6.45) is 1.85. The summed E-state index contributed by atoms with van der Waals surface area (Å²) in [5.41, 5.74) is 7.96. The van der Waals surface area contributed by atoms with E-state index in [0.29, 0.717) is 13.2 Å². The van der Waals surface area contributed by atoms with Gasteiger partial charge in [-0.3, -0.25) is 0 Å². The molecule has 2 heteroatoms. The van der Waals surface area contributed by atoms with Crippen LogP contribution in [0, 0.1) is 0 Å². The number of rotatable bonds is 9. The molecule has 36 heavy (non-hydrogen) atoms. The van der Waals surface area contributed by atoms with Gasteiger partial charge in [0.05, 0.1) is 0 Å². The molecule has 0 spiro atoms. The van der Waals surface area contributed by atoms with Gasteiger partial charge in [-0.05, 0) is 69.3 Å². The van der Waals surface area contributed by atoms with Crippen molar-refractivity contribution < 1.29 is 9.47 Å². The van der Waals surface area contributed by atoms with Crippen molar-refractivity contribution in [3.63, 3.8) is 0 Å². The van der Waals surface area contributed by atoms with Crippen LogP contribution in [0.5, 0.6) is 11.5 Å². The average Bonchev–Trinajstić information content (AvgIpc) is 2.96. The second-order valence-electron chi connectivity index (χ2n) is 8.59. The fourth-order valence-electron chi connectivity index (χ4n) is 4.12. The van der Waals surface area contributed by atoms with Crippen molar-refractivity contribution >= 4 is 6.08 Å². The molecule has 0 aromatic heterocycles. The van der Waals surface area contributed by atoms with Crippen molar-refractivity contribution in [2.75, 3.05) is 0 Å². The number of hydrogen-bond donors (Lipinski definition) is 0. The Morgan fingerprint density at radius 3 is 1.39 bits per heavy atom. The van der Waals surface area contributed by atoms with Gasteiger partial charge in [-0.1, -0.05) is 110 Å². The zero-order chi connectivity index (χ0) is 24.6. The van der Waals surface area contributed by atoms with E-state index in [4.69, 9.17) is 9.47 Å². The van der Waals surface area contributed by atoms with Gasteiger partial charge in [0.25, 0.3) is 0 Å². The lowest BCUT2D eigenvalue weighted by Crippen LogP contribution is -2.04. The molecule has 0 amide bonds. The van der Waals surface area contributed by atoms with Crippen LogP contribution in [-0.4, -0.2) is 0 Å². The van der Waals surface area contributed by atoms with Gasteiger partial charge in [0.2, 0.25) is 0 Å². The third-order valence-corrected chi connectivity index (χ3v) is 6.18. The Hall–Kier alpha value is -4.56. The molecular weight excluding hydrogens is 440 g/mol. The monoisotopic (exact) mass is 468 g/mol. The second-order valence-corrected chi connectivity index (χ2v) is 8.59. The fourth-order valence-corrected chi connectivity index (χ4v) is 4.12. The molecule has 0 radical (unpaired) electrons. The Balaban J connectivity index is 1.25. The summed E-state index contributed by atoms with van der Waals surface area (Å²) in [4.78, 5) is 0. The summed E-state index contributed by atoms with van der Waals surface area (Å²) in [6, 6.07) is 43.4. The highest BCUT2D eigenvalue weighted by molar-refractivity contribution is 5.64. The van der Waals surface area contributed by atoms with Crippen LogP contribution < -0.4 is 9.47 Å². The summed E-state index contributed by atoms with van der Waals surface area (Å²) < 4.78 is 12.3. The first-order valence-corrected chi connectivity index (χ1v) is 12.1. The Morgan fingerprint density at radius 2 is 0.917 bits per heavy atom. The van der Waals surface area contributed by atoms with Gasteiger partial charge >= 0.3 is 0 Å². The average molecular weight is 469 g/mol. The maximum Gasteiger partial charge on any atom is 0.119 e. The molecule has 5 aromatic rings. The molecule has 0 fully saturated rings. The molecule has 176 valence electrons. The van der Waals surface area contributed by atoms with Gasteiger partial charge in [0.15, 0.2) is 0 Å². The maximum atomic E-state index is 6.15. The lowest BCUT2D eigenvalue weighted by atomic mass is 10.0. The van der Waals surface area contributed by atoms with E-state index in [1.165, 1.54) is 22.3 Å². The molecule has 0 atom stereocenters. The SMILES string of the molecule is C=Cc1ccc(COc2ccc(-c3ccccc3)cc2)c(COc2ccc(-c3ccccc3)cc2)c1. The molecule has 5 aromatic carbocycles. The van der Waals surface area contributed by atoms with E-state index in [9.17, 15) is 0 Å². The van der Waals surface area contributed by atoms with Crippen LogP contribution in [0.25, 0.3) is 28.3 Å². The van der Waals surface area contributed by atoms with E-state index in [2.05, 4.69) is 73.3 Å². The van der Waals surface area contributed by atoms with E-state index in [1.807, 2.05) is 66.7 Å². The number of hydrogen-bond acceptors (Lipinski definition) is 2. The van der Waals surface area contributed by atoms with Gasteiger partial charge in [0.1, 0.15) is 24.7 Å². The van der Waals surface area contributed by atoms with Gasteiger partial charge < -0.3 is 9.47 Å². The van der Waals surface area contributed by atoms with Crippen molar-refractivity contribution in [1.29, 1.82) is 0 Å². The number of ether oxygens (including phenoxy) is 2. The highest BCUT2D eigenvalue weighted by Crippen LogP contribution is 2.25. The first-order chi connectivity index (χ1) is 17.8. The fraction of sp³-hybridized carbons (Fsp3) is 0.0588. The maximum absolute atomic E-state index is 6.15. The highest BCUT2D eigenvalue weighted by Gasteiger charge is 2.07. The normalized spacial score (nSPS) is 10.6. The van der Waals surface area contributed by atoms with Crippen molar-refractivity contribution in [3.8, 4) is 33.8 Å². The van der Waals surface area contributed by atoms with Crippen LogP contribution in [0.4, 0.5) is 0 Å². The molecule has 0 aliphatic heterocycles. The molecule has 0 saturated carbocycles. The van der Waals surface area contributed by atoms with Crippen LogP contribution in [0.1, 0.15) is 16.7 Å². The van der Waals surface area contributed by atoms with Crippen molar-refractivity contribution in [2.45, 2.75) is 13.2 Å². The van der Waals surface area contributed by atoms with Gasteiger partial charge in [-0.2, -0.15) is 0 Å². The summed E-state index contributed by atoms with van der Waals surface area (Å²) in [5.74, 6) is 1.67. The molecule has 0 saturated heterocycles. The molecule has 0 heterocycles. The Bertz CT molecular complexity index is 1400. The van der Waals surface area contributed by atoms with E-state index >= 15 is 0 Å².